The van der Waals surface area contributed by atoms with Crippen LogP contribution >= 0.6 is 0 Å². The fourth-order valence-electron chi connectivity index (χ4n) is 5.14. The Morgan fingerprint density at radius 1 is 1.05 bits per heavy atom. The normalized spacial score (nSPS) is 20.4. The van der Waals surface area contributed by atoms with Crippen molar-refractivity contribution >= 4 is 22.8 Å². The number of aliphatic hydroxyl groups excluding tert-OH is 1. The summed E-state index contributed by atoms with van der Waals surface area (Å²) in [6.07, 6.45) is 6.25. The topological polar surface area (TPSA) is 116 Å². The molecular formula is C29H36N4O4. The first kappa shape index (κ1) is 25.3. The second-order valence-electron chi connectivity index (χ2n) is 10.7. The van der Waals surface area contributed by atoms with Crippen molar-refractivity contribution in [3.63, 3.8) is 0 Å². The minimum atomic E-state index is -1.01. The van der Waals surface area contributed by atoms with Crippen LogP contribution in [-0.4, -0.2) is 51.7 Å². The van der Waals surface area contributed by atoms with E-state index in [-0.39, 0.29) is 23.9 Å². The third-order valence-electron chi connectivity index (χ3n) is 7.49. The Morgan fingerprint density at radius 2 is 1.76 bits per heavy atom. The number of ether oxygens (including phenoxy) is 1. The summed E-state index contributed by atoms with van der Waals surface area (Å²) in [5.74, 6) is 1.01. The molecule has 0 bridgehead atoms. The van der Waals surface area contributed by atoms with Gasteiger partial charge in [-0.25, -0.2) is 0 Å². The van der Waals surface area contributed by atoms with Gasteiger partial charge in [0, 0.05) is 35.1 Å². The summed E-state index contributed by atoms with van der Waals surface area (Å²) in [5.41, 5.74) is 5.93. The highest BCUT2D eigenvalue weighted by Gasteiger charge is 2.27. The van der Waals surface area contributed by atoms with Crippen LogP contribution in [0.25, 0.3) is 22.2 Å². The van der Waals surface area contributed by atoms with Crippen molar-refractivity contribution in [3.05, 3.63) is 47.3 Å². The largest absolute Gasteiger partial charge is 0.493 e. The summed E-state index contributed by atoms with van der Waals surface area (Å²) in [6, 6.07) is 8.25. The molecule has 0 unspecified atom stereocenters. The minimum Gasteiger partial charge on any atom is -0.493 e. The van der Waals surface area contributed by atoms with Gasteiger partial charge in [0.2, 0.25) is 5.91 Å². The molecule has 0 aliphatic heterocycles. The van der Waals surface area contributed by atoms with Crippen LogP contribution in [0.3, 0.4) is 0 Å². The molecule has 1 atom stereocenters. The van der Waals surface area contributed by atoms with E-state index in [1.165, 1.54) is 19.8 Å². The molecule has 4 N–H and O–H groups in total. The number of pyridine rings is 1. The Morgan fingerprint density at radius 3 is 2.43 bits per heavy atom. The van der Waals surface area contributed by atoms with Crippen LogP contribution in [0, 0.1) is 19.8 Å². The molecule has 37 heavy (non-hydrogen) atoms. The maximum atomic E-state index is 13.4. The first-order valence-corrected chi connectivity index (χ1v) is 13.3. The lowest BCUT2D eigenvalue weighted by molar-refractivity contribution is -0.129. The molecule has 0 spiro atoms. The molecule has 5 rings (SSSR count). The van der Waals surface area contributed by atoms with Gasteiger partial charge in [0.15, 0.2) is 0 Å². The molecule has 2 amide bonds. The lowest BCUT2D eigenvalue weighted by atomic mass is 9.90. The van der Waals surface area contributed by atoms with Gasteiger partial charge in [0.1, 0.15) is 17.4 Å². The van der Waals surface area contributed by atoms with Crippen LogP contribution in [0.1, 0.15) is 67.1 Å². The van der Waals surface area contributed by atoms with Gasteiger partial charge in [-0.2, -0.15) is 0 Å². The standard InChI is InChI=1S/C29H36N4O4/c1-16-4-11-24(37-15-19-5-6-19)23(14-16)22-12-13-30-27-25(17(2)31-26(22)27)29(36)33-21-9-7-20(8-10-21)32-28(35)18(3)34/h4,11-14,18-21,31,34H,5-10,15H2,1-3H3,(H,32,35)(H,33,36)/t18-,20-,21-/m0/s1. The molecule has 1 aromatic carbocycles. The Balaban J connectivity index is 1.35. The number of hydrogen-bond acceptors (Lipinski definition) is 5. The third-order valence-corrected chi connectivity index (χ3v) is 7.49. The zero-order valence-electron chi connectivity index (χ0n) is 21.8. The number of nitrogens with zero attached hydrogens (tertiary/aromatic N) is 1. The van der Waals surface area contributed by atoms with E-state index in [0.29, 0.717) is 17.0 Å². The van der Waals surface area contributed by atoms with Crippen molar-refractivity contribution in [2.45, 2.75) is 77.5 Å². The molecule has 2 aromatic heterocycles. The van der Waals surface area contributed by atoms with Crippen LogP contribution < -0.4 is 15.4 Å². The highest BCUT2D eigenvalue weighted by Crippen LogP contribution is 2.38. The number of aryl methyl sites for hydroxylation is 2. The summed E-state index contributed by atoms with van der Waals surface area (Å²) >= 11 is 0. The maximum Gasteiger partial charge on any atom is 0.255 e. The fourth-order valence-corrected chi connectivity index (χ4v) is 5.14. The van der Waals surface area contributed by atoms with Crippen LogP contribution in [-0.2, 0) is 4.79 Å². The van der Waals surface area contributed by atoms with E-state index in [4.69, 9.17) is 4.74 Å². The molecule has 3 aromatic rings. The number of amides is 2. The zero-order chi connectivity index (χ0) is 26.1. The molecule has 2 saturated carbocycles. The van der Waals surface area contributed by atoms with Crippen LogP contribution in [0.15, 0.2) is 30.5 Å². The monoisotopic (exact) mass is 504 g/mol. The average Bonchev–Trinajstić information content (AvgIpc) is 3.63. The number of nitrogens with one attached hydrogen (secondary N) is 3. The third kappa shape index (κ3) is 5.64. The van der Waals surface area contributed by atoms with Crippen LogP contribution in [0.5, 0.6) is 5.75 Å². The number of benzene rings is 1. The van der Waals surface area contributed by atoms with E-state index in [2.05, 4.69) is 39.7 Å². The summed E-state index contributed by atoms with van der Waals surface area (Å²) < 4.78 is 6.20. The molecular weight excluding hydrogens is 468 g/mol. The number of carbonyl (C=O) groups is 2. The predicted molar refractivity (Wildman–Crippen MR) is 143 cm³/mol. The Bertz CT molecular complexity index is 1300. The van der Waals surface area contributed by atoms with Gasteiger partial charge >= 0.3 is 0 Å². The molecule has 0 saturated heterocycles. The van der Waals surface area contributed by atoms with Gasteiger partial charge < -0.3 is 25.5 Å². The van der Waals surface area contributed by atoms with Gasteiger partial charge in [0.05, 0.1) is 17.7 Å². The molecule has 2 heterocycles. The fraction of sp³-hybridized carbons (Fsp3) is 0.483. The van der Waals surface area contributed by atoms with Crippen LogP contribution in [0.2, 0.25) is 0 Å². The molecule has 2 aliphatic rings. The number of aromatic amines is 1. The summed E-state index contributed by atoms with van der Waals surface area (Å²) in [4.78, 5) is 33.2. The zero-order valence-corrected chi connectivity index (χ0v) is 21.8. The van der Waals surface area contributed by atoms with E-state index in [0.717, 1.165) is 65.9 Å². The number of H-pyrrole nitrogens is 1. The first-order chi connectivity index (χ1) is 17.8. The summed E-state index contributed by atoms with van der Waals surface area (Å²) in [5, 5.41) is 15.5. The minimum absolute atomic E-state index is 0.0268. The van der Waals surface area contributed by atoms with Gasteiger partial charge in [0.25, 0.3) is 5.91 Å². The van der Waals surface area contributed by atoms with E-state index < -0.39 is 6.10 Å². The van der Waals surface area contributed by atoms with Gasteiger partial charge in [-0.15, -0.1) is 0 Å². The maximum absolute atomic E-state index is 13.4. The second-order valence-corrected chi connectivity index (χ2v) is 10.7. The highest BCUT2D eigenvalue weighted by atomic mass is 16.5. The van der Waals surface area contributed by atoms with Crippen molar-refractivity contribution < 1.29 is 19.4 Å². The second kappa shape index (κ2) is 10.5. The smallest absolute Gasteiger partial charge is 0.255 e. The van der Waals surface area contributed by atoms with E-state index in [1.807, 2.05) is 19.1 Å². The SMILES string of the molecule is Cc1ccc(OCC2CC2)c(-c2ccnc3c(C(=O)N[C@H]4CC[C@H](NC(=O)[C@H](C)O)CC4)c(C)[nH]c23)c1. The summed E-state index contributed by atoms with van der Waals surface area (Å²) in [7, 11) is 0. The highest BCUT2D eigenvalue weighted by molar-refractivity contribution is 6.09. The average molecular weight is 505 g/mol. The predicted octanol–water partition coefficient (Wildman–Crippen LogP) is 4.17. The van der Waals surface area contributed by atoms with Crippen molar-refractivity contribution in [1.29, 1.82) is 0 Å². The molecule has 2 aliphatic carbocycles. The number of rotatable bonds is 8. The Kier molecular flexibility index (Phi) is 7.20. The number of aliphatic hydroxyl groups is 1. The molecule has 2 fully saturated rings. The Labute approximate surface area is 217 Å². The van der Waals surface area contributed by atoms with E-state index in [9.17, 15) is 14.7 Å². The lowest BCUT2D eigenvalue weighted by Gasteiger charge is -2.30. The van der Waals surface area contributed by atoms with Gasteiger partial charge in [-0.3, -0.25) is 14.6 Å². The first-order valence-electron chi connectivity index (χ1n) is 13.3. The molecule has 8 nitrogen and oxygen atoms in total. The van der Waals surface area contributed by atoms with Crippen molar-refractivity contribution in [2.75, 3.05) is 6.61 Å². The molecule has 0 radical (unpaired) electrons. The number of fused-ring (bicyclic) bond motifs is 1. The van der Waals surface area contributed by atoms with Crippen LogP contribution in [0.4, 0.5) is 0 Å². The molecule has 196 valence electrons. The van der Waals surface area contributed by atoms with E-state index in [1.54, 1.807) is 6.20 Å². The Hall–Kier alpha value is -3.39. The van der Waals surface area contributed by atoms with Crippen molar-refractivity contribution in [3.8, 4) is 16.9 Å². The van der Waals surface area contributed by atoms with Crippen molar-refractivity contribution in [1.82, 2.24) is 20.6 Å². The lowest BCUT2D eigenvalue weighted by Crippen LogP contribution is -2.46. The van der Waals surface area contributed by atoms with Crippen molar-refractivity contribution in [2.24, 2.45) is 5.92 Å². The quantitative estimate of drug-likeness (QED) is 0.367. The summed E-state index contributed by atoms with van der Waals surface area (Å²) in [6.45, 7) is 6.16. The van der Waals surface area contributed by atoms with E-state index >= 15 is 0 Å². The number of carbonyl (C=O) groups excluding carboxylic acids is 2. The number of hydrogen-bond donors (Lipinski definition) is 4. The van der Waals surface area contributed by atoms with Gasteiger partial charge in [-0.1, -0.05) is 11.6 Å². The van der Waals surface area contributed by atoms with Gasteiger partial charge in [-0.05, 0) is 83.4 Å². The number of aromatic nitrogens is 2. The molecule has 8 heteroatoms.